The summed E-state index contributed by atoms with van der Waals surface area (Å²) in [6.07, 6.45) is 2.32. The van der Waals surface area contributed by atoms with E-state index in [9.17, 15) is 13.2 Å². The highest BCUT2D eigenvalue weighted by atomic mass is 32.2. The summed E-state index contributed by atoms with van der Waals surface area (Å²) in [5.41, 5.74) is 0. The quantitative estimate of drug-likeness (QED) is 0.825. The van der Waals surface area contributed by atoms with Gasteiger partial charge < -0.3 is 10.0 Å². The summed E-state index contributed by atoms with van der Waals surface area (Å²) in [7, 11) is -3.67. The Morgan fingerprint density at radius 2 is 2.10 bits per heavy atom. The molecule has 1 atom stereocenters. The summed E-state index contributed by atoms with van der Waals surface area (Å²) in [6, 6.07) is 1.02. The van der Waals surface area contributed by atoms with E-state index in [1.54, 1.807) is 6.92 Å². The Morgan fingerprint density at radius 3 is 2.62 bits per heavy atom. The molecule has 1 aromatic rings. The maximum absolute atomic E-state index is 12.4. The highest BCUT2D eigenvalue weighted by Gasteiger charge is 2.25. The fraction of sp³-hybridized carbons (Fsp3) is 0.615. The normalized spacial score (nSPS) is 18.0. The summed E-state index contributed by atoms with van der Waals surface area (Å²) in [4.78, 5) is 13.8. The van der Waals surface area contributed by atoms with Gasteiger partial charge in [0.05, 0.1) is 4.90 Å². The number of sulfonamides is 1. The minimum atomic E-state index is -3.67. The molecular weight excluding hydrogens is 312 g/mol. The third-order valence-electron chi connectivity index (χ3n) is 3.46. The number of aromatic carboxylic acids is 1. The molecule has 1 saturated heterocycles. The van der Waals surface area contributed by atoms with E-state index in [1.807, 2.05) is 6.92 Å². The van der Waals surface area contributed by atoms with Crippen LogP contribution in [0.4, 0.5) is 0 Å². The summed E-state index contributed by atoms with van der Waals surface area (Å²) >= 11 is 0.980. The van der Waals surface area contributed by atoms with Crippen molar-refractivity contribution in [1.82, 2.24) is 9.62 Å². The first-order valence-corrected chi connectivity index (χ1v) is 9.18. The third kappa shape index (κ3) is 4.03. The molecule has 0 amide bonds. The third-order valence-corrected chi connectivity index (χ3v) is 6.34. The number of hydrogen-bond donors (Lipinski definition) is 2. The highest BCUT2D eigenvalue weighted by molar-refractivity contribution is 7.89. The number of likely N-dealkylation sites (tertiary alicyclic amines) is 1. The summed E-state index contributed by atoms with van der Waals surface area (Å²) in [5, 5.41) is 8.95. The molecule has 8 heteroatoms. The second-order valence-corrected chi connectivity index (χ2v) is 8.31. The average molecular weight is 332 g/mol. The molecule has 0 spiro atoms. The van der Waals surface area contributed by atoms with Crippen LogP contribution in [0.1, 0.15) is 34.3 Å². The second-order valence-electron chi connectivity index (χ2n) is 5.37. The maximum atomic E-state index is 12.4. The summed E-state index contributed by atoms with van der Waals surface area (Å²) in [5.74, 6) is -1.10. The lowest BCUT2D eigenvalue weighted by atomic mass is 10.3. The molecule has 21 heavy (non-hydrogen) atoms. The molecule has 6 nitrogen and oxygen atoms in total. The van der Waals surface area contributed by atoms with E-state index in [-0.39, 0.29) is 15.8 Å². The fourth-order valence-electron chi connectivity index (χ4n) is 2.56. The summed E-state index contributed by atoms with van der Waals surface area (Å²) < 4.78 is 27.4. The van der Waals surface area contributed by atoms with E-state index in [4.69, 9.17) is 5.11 Å². The Kier molecular flexibility index (Phi) is 5.03. The van der Waals surface area contributed by atoms with E-state index in [1.165, 1.54) is 6.07 Å². The smallest absolute Gasteiger partial charge is 0.345 e. The van der Waals surface area contributed by atoms with E-state index in [0.29, 0.717) is 11.4 Å². The molecule has 1 unspecified atom stereocenters. The minimum absolute atomic E-state index is 0.0417. The van der Waals surface area contributed by atoms with Gasteiger partial charge in [0.1, 0.15) is 4.88 Å². The van der Waals surface area contributed by atoms with Gasteiger partial charge in [-0.3, -0.25) is 0 Å². The first-order chi connectivity index (χ1) is 9.79. The predicted octanol–water partition coefficient (Wildman–Crippen LogP) is 1.52. The van der Waals surface area contributed by atoms with Crippen LogP contribution in [0, 0.1) is 6.92 Å². The van der Waals surface area contributed by atoms with Crippen molar-refractivity contribution < 1.29 is 18.3 Å². The van der Waals surface area contributed by atoms with Gasteiger partial charge in [-0.05, 0) is 45.8 Å². The van der Waals surface area contributed by atoms with Gasteiger partial charge in [0, 0.05) is 17.5 Å². The first kappa shape index (κ1) is 16.4. The second kappa shape index (κ2) is 6.43. The number of carboxylic acids is 1. The number of aryl methyl sites for hydroxylation is 1. The van der Waals surface area contributed by atoms with Crippen molar-refractivity contribution in [3.63, 3.8) is 0 Å². The Hall–Kier alpha value is -0.960. The van der Waals surface area contributed by atoms with E-state index >= 15 is 0 Å². The Balaban J connectivity index is 2.08. The van der Waals surface area contributed by atoms with Crippen LogP contribution in [-0.4, -0.2) is 50.1 Å². The lowest BCUT2D eigenvalue weighted by Crippen LogP contribution is -2.41. The van der Waals surface area contributed by atoms with Crippen LogP contribution in [0.2, 0.25) is 0 Å². The molecule has 0 aliphatic carbocycles. The Bertz CT molecular complexity index is 618. The fourth-order valence-corrected chi connectivity index (χ4v) is 5.22. The van der Waals surface area contributed by atoms with E-state index in [0.717, 1.165) is 37.3 Å². The number of carbonyl (C=O) groups is 1. The number of carboxylic acid groups (broad SMARTS) is 1. The van der Waals surface area contributed by atoms with Gasteiger partial charge in [0.25, 0.3) is 0 Å². The maximum Gasteiger partial charge on any atom is 0.345 e. The Labute approximate surface area is 128 Å². The van der Waals surface area contributed by atoms with Gasteiger partial charge in [0.2, 0.25) is 10.0 Å². The lowest BCUT2D eigenvalue weighted by Gasteiger charge is -2.21. The van der Waals surface area contributed by atoms with Gasteiger partial charge >= 0.3 is 5.97 Å². The lowest BCUT2D eigenvalue weighted by molar-refractivity contribution is 0.0702. The van der Waals surface area contributed by atoms with Crippen LogP contribution >= 0.6 is 11.3 Å². The largest absolute Gasteiger partial charge is 0.477 e. The molecule has 118 valence electrons. The zero-order chi connectivity index (χ0) is 15.6. The highest BCUT2D eigenvalue weighted by Crippen LogP contribution is 2.25. The van der Waals surface area contributed by atoms with Crippen LogP contribution in [0.3, 0.4) is 0 Å². The molecule has 0 radical (unpaired) electrons. The van der Waals surface area contributed by atoms with Crippen molar-refractivity contribution in [2.75, 3.05) is 19.6 Å². The van der Waals surface area contributed by atoms with Crippen LogP contribution in [-0.2, 0) is 10.0 Å². The molecule has 2 heterocycles. The van der Waals surface area contributed by atoms with Crippen molar-refractivity contribution in [1.29, 1.82) is 0 Å². The van der Waals surface area contributed by atoms with Gasteiger partial charge in [-0.1, -0.05) is 0 Å². The van der Waals surface area contributed by atoms with Crippen LogP contribution in [0.15, 0.2) is 11.0 Å². The number of rotatable bonds is 6. The van der Waals surface area contributed by atoms with Crippen molar-refractivity contribution in [3.8, 4) is 0 Å². The SMILES string of the molecule is Cc1sc(C(=O)O)cc1S(=O)(=O)NC(C)CN1CCCC1. The standard InChI is InChI=1S/C13H20N2O4S2/c1-9(8-15-5-3-4-6-15)14-21(18,19)12-7-11(13(16)17)20-10(12)2/h7,9,14H,3-6,8H2,1-2H3,(H,16,17). The van der Waals surface area contributed by atoms with E-state index < -0.39 is 16.0 Å². The molecule has 1 aliphatic heterocycles. The summed E-state index contributed by atoms with van der Waals surface area (Å²) in [6.45, 7) is 6.14. The molecule has 0 saturated carbocycles. The molecule has 0 aromatic carbocycles. The number of thiophene rings is 1. The molecule has 1 aromatic heterocycles. The van der Waals surface area contributed by atoms with Crippen molar-refractivity contribution in [2.45, 2.75) is 37.6 Å². The van der Waals surface area contributed by atoms with Gasteiger partial charge in [-0.2, -0.15) is 0 Å². The van der Waals surface area contributed by atoms with Crippen LogP contribution in [0.25, 0.3) is 0 Å². The molecule has 2 N–H and O–H groups in total. The van der Waals surface area contributed by atoms with Crippen molar-refractivity contribution in [3.05, 3.63) is 15.8 Å². The first-order valence-electron chi connectivity index (χ1n) is 6.88. The predicted molar refractivity (Wildman–Crippen MR) is 81.5 cm³/mol. The van der Waals surface area contributed by atoms with Crippen molar-refractivity contribution >= 4 is 27.3 Å². The number of hydrogen-bond acceptors (Lipinski definition) is 5. The zero-order valence-corrected chi connectivity index (χ0v) is 13.8. The zero-order valence-electron chi connectivity index (χ0n) is 12.1. The van der Waals surface area contributed by atoms with E-state index in [2.05, 4.69) is 9.62 Å². The monoisotopic (exact) mass is 332 g/mol. The van der Waals surface area contributed by atoms with Gasteiger partial charge in [-0.15, -0.1) is 11.3 Å². The van der Waals surface area contributed by atoms with Gasteiger partial charge in [0.15, 0.2) is 0 Å². The van der Waals surface area contributed by atoms with Crippen LogP contribution < -0.4 is 4.72 Å². The van der Waals surface area contributed by atoms with Crippen LogP contribution in [0.5, 0.6) is 0 Å². The Morgan fingerprint density at radius 1 is 1.48 bits per heavy atom. The van der Waals surface area contributed by atoms with Gasteiger partial charge in [-0.25, -0.2) is 17.9 Å². The molecule has 0 bridgehead atoms. The minimum Gasteiger partial charge on any atom is -0.477 e. The molecule has 1 aliphatic rings. The number of nitrogens with zero attached hydrogens (tertiary/aromatic N) is 1. The topological polar surface area (TPSA) is 86.7 Å². The number of nitrogens with one attached hydrogen (secondary N) is 1. The average Bonchev–Trinajstić information content (AvgIpc) is 2.97. The molecule has 1 fully saturated rings. The molecule has 2 rings (SSSR count). The van der Waals surface area contributed by atoms with Crippen molar-refractivity contribution in [2.24, 2.45) is 0 Å². The molecular formula is C13H20N2O4S2.